The van der Waals surface area contributed by atoms with E-state index in [9.17, 15) is 17.6 Å². The first-order valence-electron chi connectivity index (χ1n) is 13.4. The van der Waals surface area contributed by atoms with Crippen molar-refractivity contribution in [2.75, 3.05) is 40.3 Å². The highest BCUT2D eigenvalue weighted by molar-refractivity contribution is 7.89. The van der Waals surface area contributed by atoms with Gasteiger partial charge in [0.05, 0.1) is 17.1 Å². The SMILES string of the molecule is CNC[C@H](C)N1C[C@@H](C)[C@H](CN(C)S(=O)(=O)c2ccc(F)cc2)OCCCC[C@H](C)Oc2ncccc2C1=O. The average Bonchev–Trinajstić information content (AvgIpc) is 2.90. The Balaban J connectivity index is 1.91. The minimum atomic E-state index is -3.86. The fourth-order valence-electron chi connectivity index (χ4n) is 4.65. The average molecular weight is 565 g/mol. The van der Waals surface area contributed by atoms with Gasteiger partial charge in [0.15, 0.2) is 0 Å². The van der Waals surface area contributed by atoms with Crippen LogP contribution in [0.5, 0.6) is 5.88 Å². The number of hydrogen-bond acceptors (Lipinski definition) is 7. The number of nitrogens with zero attached hydrogens (tertiary/aromatic N) is 3. The molecular formula is C28H41FN4O5S. The molecule has 0 fully saturated rings. The molecule has 0 saturated carbocycles. The number of nitrogens with one attached hydrogen (secondary N) is 1. The minimum Gasteiger partial charge on any atom is -0.474 e. The molecule has 2 aromatic rings. The van der Waals surface area contributed by atoms with Crippen LogP contribution < -0.4 is 10.1 Å². The van der Waals surface area contributed by atoms with Crippen LogP contribution in [0.4, 0.5) is 4.39 Å². The fraction of sp³-hybridized carbons (Fsp3) is 0.571. The molecule has 216 valence electrons. The van der Waals surface area contributed by atoms with Gasteiger partial charge in [-0.25, -0.2) is 17.8 Å². The number of hydrogen-bond donors (Lipinski definition) is 1. The Morgan fingerprint density at radius 1 is 1.21 bits per heavy atom. The summed E-state index contributed by atoms with van der Waals surface area (Å²) in [7, 11) is -0.542. The van der Waals surface area contributed by atoms with Crippen LogP contribution in [0, 0.1) is 11.7 Å². The third-order valence-electron chi connectivity index (χ3n) is 7.02. The number of ether oxygens (including phenoxy) is 2. The molecule has 1 N–H and O–H groups in total. The maximum Gasteiger partial charge on any atom is 0.259 e. The summed E-state index contributed by atoms with van der Waals surface area (Å²) < 4.78 is 53.4. The number of halogens is 1. The van der Waals surface area contributed by atoms with Crippen molar-refractivity contribution < 1.29 is 27.1 Å². The Kier molecular flexibility index (Phi) is 11.2. The fourth-order valence-corrected chi connectivity index (χ4v) is 5.83. The van der Waals surface area contributed by atoms with E-state index in [0.29, 0.717) is 31.1 Å². The third-order valence-corrected chi connectivity index (χ3v) is 8.86. The maximum absolute atomic E-state index is 13.9. The van der Waals surface area contributed by atoms with E-state index in [-0.39, 0.29) is 35.4 Å². The number of benzene rings is 1. The van der Waals surface area contributed by atoms with Gasteiger partial charge in [0.25, 0.3) is 5.91 Å². The summed E-state index contributed by atoms with van der Waals surface area (Å²) in [5.41, 5.74) is 0.394. The van der Waals surface area contributed by atoms with E-state index in [1.165, 1.54) is 23.5 Å². The second-order valence-electron chi connectivity index (χ2n) is 10.3. The summed E-state index contributed by atoms with van der Waals surface area (Å²) in [6, 6.07) is 8.06. The first-order chi connectivity index (χ1) is 18.5. The molecular weight excluding hydrogens is 523 g/mol. The van der Waals surface area contributed by atoms with E-state index >= 15 is 0 Å². The first-order valence-corrected chi connectivity index (χ1v) is 14.9. The Hall–Kier alpha value is -2.60. The lowest BCUT2D eigenvalue weighted by atomic mass is 10.0. The Bertz CT molecular complexity index is 1180. The zero-order valence-corrected chi connectivity index (χ0v) is 24.3. The predicted octanol–water partition coefficient (Wildman–Crippen LogP) is 3.56. The number of carbonyl (C=O) groups is 1. The van der Waals surface area contributed by atoms with Crippen molar-refractivity contribution in [2.45, 2.75) is 63.2 Å². The van der Waals surface area contributed by atoms with Crippen molar-refractivity contribution in [1.82, 2.24) is 19.5 Å². The highest BCUT2D eigenvalue weighted by Crippen LogP contribution is 2.24. The largest absolute Gasteiger partial charge is 0.474 e. The van der Waals surface area contributed by atoms with Crippen LogP contribution in [-0.2, 0) is 14.8 Å². The number of likely N-dealkylation sites (N-methyl/N-ethyl adjacent to an activating group) is 2. The van der Waals surface area contributed by atoms with Crippen molar-refractivity contribution >= 4 is 15.9 Å². The van der Waals surface area contributed by atoms with Crippen LogP contribution in [0.25, 0.3) is 0 Å². The van der Waals surface area contributed by atoms with Gasteiger partial charge < -0.3 is 19.7 Å². The van der Waals surface area contributed by atoms with Crippen LogP contribution in [-0.4, -0.2) is 87.1 Å². The summed E-state index contributed by atoms with van der Waals surface area (Å²) >= 11 is 0. The molecule has 1 amide bonds. The summed E-state index contributed by atoms with van der Waals surface area (Å²) in [5.74, 6) is -0.596. The standard InChI is InChI=1S/C28H41FN4O5S/c1-20-18-33(21(2)17-30-4)28(34)25-10-8-15-31-27(25)38-22(3)9-6-7-16-37-26(20)19-32(5)39(35,36)24-13-11-23(29)12-14-24/h8,10-15,20-22,26,30H,6-7,9,16-19H2,1-5H3/t20-,21+,22+,26+/m1/s1. The molecule has 0 saturated heterocycles. The minimum absolute atomic E-state index is 0.0116. The van der Waals surface area contributed by atoms with Crippen molar-refractivity contribution in [3.63, 3.8) is 0 Å². The molecule has 0 aliphatic carbocycles. The molecule has 0 spiro atoms. The lowest BCUT2D eigenvalue weighted by Gasteiger charge is -2.36. The number of carbonyl (C=O) groups excluding carboxylic acids is 1. The zero-order chi connectivity index (χ0) is 28.6. The van der Waals surface area contributed by atoms with E-state index in [1.807, 2.05) is 27.8 Å². The van der Waals surface area contributed by atoms with E-state index in [1.54, 1.807) is 23.2 Å². The lowest BCUT2D eigenvalue weighted by molar-refractivity contribution is -0.00603. The Morgan fingerprint density at radius 3 is 2.62 bits per heavy atom. The number of amides is 1. The molecule has 3 rings (SSSR count). The van der Waals surface area contributed by atoms with Crippen LogP contribution in [0.1, 0.15) is 50.4 Å². The van der Waals surface area contributed by atoms with E-state index in [2.05, 4.69) is 10.3 Å². The molecule has 11 heteroatoms. The summed E-state index contributed by atoms with van der Waals surface area (Å²) in [4.78, 5) is 20.0. The van der Waals surface area contributed by atoms with Crippen LogP contribution in [0.15, 0.2) is 47.5 Å². The lowest BCUT2D eigenvalue weighted by Crippen LogP contribution is -2.49. The van der Waals surface area contributed by atoms with Crippen molar-refractivity contribution in [3.8, 4) is 5.88 Å². The quantitative estimate of drug-likeness (QED) is 0.549. The summed E-state index contributed by atoms with van der Waals surface area (Å²) in [6.45, 7) is 7.31. The highest BCUT2D eigenvalue weighted by atomic mass is 32.2. The molecule has 0 unspecified atom stereocenters. The summed E-state index contributed by atoms with van der Waals surface area (Å²) in [5, 5.41) is 3.13. The van der Waals surface area contributed by atoms with Crippen LogP contribution in [0.2, 0.25) is 0 Å². The van der Waals surface area contributed by atoms with Gasteiger partial charge in [-0.2, -0.15) is 4.31 Å². The van der Waals surface area contributed by atoms with Crippen LogP contribution >= 0.6 is 0 Å². The van der Waals surface area contributed by atoms with Gasteiger partial charge >= 0.3 is 0 Å². The molecule has 1 aromatic carbocycles. The van der Waals surface area contributed by atoms with Gasteiger partial charge in [0.1, 0.15) is 11.4 Å². The normalized spacial score (nSPS) is 22.6. The maximum atomic E-state index is 13.9. The Morgan fingerprint density at radius 2 is 1.92 bits per heavy atom. The molecule has 0 bridgehead atoms. The van der Waals surface area contributed by atoms with E-state index in [4.69, 9.17) is 9.47 Å². The number of rotatable bonds is 7. The van der Waals surface area contributed by atoms with Gasteiger partial charge in [-0.05, 0) is 76.6 Å². The molecule has 0 radical (unpaired) electrons. The second kappa shape index (κ2) is 14.2. The van der Waals surface area contributed by atoms with Crippen molar-refractivity contribution in [3.05, 3.63) is 54.0 Å². The molecule has 2 heterocycles. The van der Waals surface area contributed by atoms with Gasteiger partial charge in [0, 0.05) is 51.4 Å². The topological polar surface area (TPSA) is 101 Å². The highest BCUT2D eigenvalue weighted by Gasteiger charge is 2.32. The number of pyridine rings is 1. The molecule has 1 aromatic heterocycles. The molecule has 9 nitrogen and oxygen atoms in total. The zero-order valence-electron chi connectivity index (χ0n) is 23.5. The van der Waals surface area contributed by atoms with Gasteiger partial charge in [-0.15, -0.1) is 0 Å². The monoisotopic (exact) mass is 564 g/mol. The van der Waals surface area contributed by atoms with E-state index in [0.717, 1.165) is 31.4 Å². The van der Waals surface area contributed by atoms with Gasteiger partial charge in [-0.1, -0.05) is 6.92 Å². The first kappa shape index (κ1) is 30.9. The van der Waals surface area contributed by atoms with Crippen molar-refractivity contribution in [2.24, 2.45) is 5.92 Å². The van der Waals surface area contributed by atoms with Gasteiger partial charge in [0.2, 0.25) is 15.9 Å². The molecule has 1 aliphatic heterocycles. The number of aromatic nitrogens is 1. The number of fused-ring (bicyclic) bond motifs is 1. The molecule has 1 aliphatic rings. The second-order valence-corrected chi connectivity index (χ2v) is 12.3. The summed E-state index contributed by atoms with van der Waals surface area (Å²) in [6.07, 6.45) is 3.37. The Labute approximate surface area is 231 Å². The predicted molar refractivity (Wildman–Crippen MR) is 148 cm³/mol. The van der Waals surface area contributed by atoms with Crippen LogP contribution in [0.3, 0.4) is 0 Å². The number of sulfonamides is 1. The smallest absolute Gasteiger partial charge is 0.259 e. The molecule has 39 heavy (non-hydrogen) atoms. The molecule has 4 atom stereocenters. The van der Waals surface area contributed by atoms with Gasteiger partial charge in [-0.3, -0.25) is 4.79 Å². The van der Waals surface area contributed by atoms with Crippen molar-refractivity contribution in [1.29, 1.82) is 0 Å². The van der Waals surface area contributed by atoms with E-state index < -0.39 is 21.9 Å². The third kappa shape index (κ3) is 8.20.